The first-order valence-electron chi connectivity index (χ1n) is 29.1. The molecule has 0 aromatic rings. The Balaban J connectivity index is 4.82. The Morgan fingerprint density at radius 3 is 1.12 bits per heavy atom. The summed E-state index contributed by atoms with van der Waals surface area (Å²) in [6, 6.07) is 0. The van der Waals surface area contributed by atoms with Gasteiger partial charge < -0.3 is 24.2 Å². The van der Waals surface area contributed by atoms with E-state index in [1.165, 1.54) is 57.8 Å². The Morgan fingerprint density at radius 1 is 0.392 bits per heavy atom. The van der Waals surface area contributed by atoms with E-state index in [9.17, 15) is 28.9 Å². The maximum Gasteiger partial charge on any atom is 0.472 e. The van der Waals surface area contributed by atoms with Crippen LogP contribution in [0.4, 0.5) is 0 Å². The smallest absolute Gasteiger partial charge is 0.462 e. The largest absolute Gasteiger partial charge is 0.472 e. The van der Waals surface area contributed by atoms with E-state index in [2.05, 4.69) is 112 Å². The van der Waals surface area contributed by atoms with Gasteiger partial charge in [0.2, 0.25) is 0 Å². The highest BCUT2D eigenvalue weighted by Crippen LogP contribution is 2.43. The van der Waals surface area contributed by atoms with Gasteiger partial charge >= 0.3 is 25.7 Å². The fourth-order valence-electron chi connectivity index (χ4n) is 7.64. The van der Waals surface area contributed by atoms with Crippen molar-refractivity contribution in [3.63, 3.8) is 0 Å². The molecule has 0 bridgehead atoms. The molecule has 0 saturated carbocycles. The summed E-state index contributed by atoms with van der Waals surface area (Å²) in [6.45, 7) is 4.35. The molecule has 0 aliphatic heterocycles. The quantitative estimate of drug-likeness (QED) is 0.0197. The van der Waals surface area contributed by atoms with E-state index in [1.807, 2.05) is 6.08 Å². The average molecular weight is 1060 g/mol. The Morgan fingerprint density at radius 2 is 0.716 bits per heavy atom. The molecule has 11 nitrogen and oxygen atoms in total. The van der Waals surface area contributed by atoms with Crippen LogP contribution in [0, 0.1) is 0 Å². The number of ether oxygens (including phenoxy) is 3. The van der Waals surface area contributed by atoms with E-state index in [1.54, 1.807) is 0 Å². The molecule has 0 aliphatic rings. The average Bonchev–Trinajstić information content (AvgIpc) is 3.39. The molecule has 0 rings (SSSR count). The van der Waals surface area contributed by atoms with E-state index in [0.29, 0.717) is 25.7 Å². The lowest BCUT2D eigenvalue weighted by Gasteiger charge is -2.21. The van der Waals surface area contributed by atoms with Crippen LogP contribution in [0.2, 0.25) is 0 Å². The lowest BCUT2D eigenvalue weighted by Crippen LogP contribution is -2.30. The normalized spacial score (nSPS) is 14.1. The zero-order valence-electron chi connectivity index (χ0n) is 46.8. The summed E-state index contributed by atoms with van der Waals surface area (Å²) in [5.74, 6) is -1.55. The number of aliphatic hydroxyl groups excluding tert-OH is 1. The SMILES string of the molecule is CC/C=C\C/C=C\C/C=C\C/C=C\C/C=C\CCCC(=O)OCC(COP(=O)(O)OCC(CO)OC(=O)CCCCCCCCCCCCCCC)OC(=O)CCCCCCCCC/C=C\C/C=C\C/C=C\CC. The molecule has 3 unspecified atom stereocenters. The molecule has 0 saturated heterocycles. The van der Waals surface area contributed by atoms with Crippen molar-refractivity contribution in [1.82, 2.24) is 0 Å². The summed E-state index contributed by atoms with van der Waals surface area (Å²) in [5.41, 5.74) is 0. The van der Waals surface area contributed by atoms with Crippen LogP contribution in [0.15, 0.2) is 97.2 Å². The van der Waals surface area contributed by atoms with Crippen molar-refractivity contribution in [2.45, 2.75) is 251 Å². The lowest BCUT2D eigenvalue weighted by molar-refractivity contribution is -0.161. The number of allylic oxidation sites excluding steroid dienone is 16. The van der Waals surface area contributed by atoms with Crippen LogP contribution in [0.25, 0.3) is 0 Å². The molecule has 2 N–H and O–H groups in total. The molecule has 3 atom stereocenters. The summed E-state index contributed by atoms with van der Waals surface area (Å²) in [4.78, 5) is 48.5. The predicted molar refractivity (Wildman–Crippen MR) is 307 cm³/mol. The van der Waals surface area contributed by atoms with Crippen molar-refractivity contribution in [1.29, 1.82) is 0 Å². The van der Waals surface area contributed by atoms with E-state index in [0.717, 1.165) is 116 Å². The number of aliphatic hydroxyl groups is 1. The first-order chi connectivity index (χ1) is 36.2. The van der Waals surface area contributed by atoms with E-state index in [-0.39, 0.29) is 25.9 Å². The van der Waals surface area contributed by atoms with Crippen LogP contribution in [-0.2, 0) is 42.2 Å². The van der Waals surface area contributed by atoms with Gasteiger partial charge in [0.05, 0.1) is 19.8 Å². The zero-order valence-corrected chi connectivity index (χ0v) is 47.7. The Labute approximate surface area is 451 Å². The molecular formula is C62H105O11P. The number of carbonyl (C=O) groups excluding carboxylic acids is 3. The van der Waals surface area contributed by atoms with Gasteiger partial charge in [-0.1, -0.05) is 227 Å². The molecular weight excluding hydrogens is 952 g/mol. The second kappa shape index (κ2) is 55.6. The number of hydrogen-bond donors (Lipinski definition) is 2. The van der Waals surface area contributed by atoms with Gasteiger partial charge in [-0.3, -0.25) is 23.4 Å². The minimum atomic E-state index is -4.77. The molecule has 0 aromatic heterocycles. The fourth-order valence-corrected chi connectivity index (χ4v) is 8.43. The van der Waals surface area contributed by atoms with Gasteiger partial charge in [-0.25, -0.2) is 4.57 Å². The second-order valence-electron chi connectivity index (χ2n) is 19.0. The number of phosphoric ester groups is 1. The van der Waals surface area contributed by atoms with Crippen LogP contribution in [-0.4, -0.2) is 66.5 Å². The van der Waals surface area contributed by atoms with Crippen molar-refractivity contribution in [2.24, 2.45) is 0 Å². The topological polar surface area (TPSA) is 155 Å². The maximum absolute atomic E-state index is 12.9. The molecule has 0 fully saturated rings. The molecule has 0 amide bonds. The Hall–Kier alpha value is -3.60. The molecule has 74 heavy (non-hydrogen) atoms. The number of unbranched alkanes of at least 4 members (excludes halogenated alkanes) is 20. The van der Waals surface area contributed by atoms with Gasteiger partial charge in [0.15, 0.2) is 6.10 Å². The predicted octanol–water partition coefficient (Wildman–Crippen LogP) is 17.3. The van der Waals surface area contributed by atoms with Crippen LogP contribution in [0.1, 0.15) is 239 Å². The zero-order chi connectivity index (χ0) is 54.1. The number of rotatable bonds is 53. The Bertz CT molecular complexity index is 1610. The minimum Gasteiger partial charge on any atom is -0.462 e. The van der Waals surface area contributed by atoms with Crippen LogP contribution < -0.4 is 0 Å². The third kappa shape index (κ3) is 53.2. The summed E-state index contributed by atoms with van der Waals surface area (Å²) in [5, 5.41) is 9.81. The highest BCUT2D eigenvalue weighted by atomic mass is 31.2. The van der Waals surface area contributed by atoms with Crippen LogP contribution in [0.3, 0.4) is 0 Å². The van der Waals surface area contributed by atoms with E-state index >= 15 is 0 Å². The molecule has 424 valence electrons. The number of esters is 3. The van der Waals surface area contributed by atoms with Gasteiger partial charge in [0.1, 0.15) is 12.7 Å². The van der Waals surface area contributed by atoms with E-state index in [4.69, 9.17) is 23.3 Å². The van der Waals surface area contributed by atoms with Gasteiger partial charge in [-0.15, -0.1) is 0 Å². The van der Waals surface area contributed by atoms with Gasteiger partial charge in [-0.05, 0) is 89.9 Å². The van der Waals surface area contributed by atoms with Crippen molar-refractivity contribution < 1.29 is 52.2 Å². The molecule has 0 aromatic carbocycles. The highest BCUT2D eigenvalue weighted by Gasteiger charge is 2.28. The van der Waals surface area contributed by atoms with Crippen LogP contribution in [0.5, 0.6) is 0 Å². The maximum atomic E-state index is 12.9. The summed E-state index contributed by atoms with van der Waals surface area (Å²) < 4.78 is 39.5. The lowest BCUT2D eigenvalue weighted by atomic mass is 10.0. The second-order valence-corrected chi connectivity index (χ2v) is 20.5. The number of carbonyl (C=O) groups is 3. The third-order valence-electron chi connectivity index (χ3n) is 12.0. The Kier molecular flexibility index (Phi) is 52.9. The standard InChI is InChI=1S/C62H105O11P/c1-4-7-10-13-16-19-22-25-27-29-31-34-36-39-42-45-48-51-60(64)69-55-59(73-62(66)53-50-47-44-41-38-35-32-30-28-26-23-20-17-14-11-8-5-2)57-71-74(67,68)70-56-58(54-63)72-61(65)52-49-46-43-40-37-33-24-21-18-15-12-9-6-3/h7-8,10-11,16-17,19-20,25-28,31,34,39,42,58-59,63H,4-6,9,12-15,18,21-24,29-30,32-33,35-38,40-41,43-57H2,1-3H3,(H,67,68)/b10-7-,11-8-,19-16-,20-17-,27-25-,28-26-,34-31-,42-39-. The molecule has 0 spiro atoms. The summed E-state index contributed by atoms with van der Waals surface area (Å²) >= 11 is 0. The first-order valence-corrected chi connectivity index (χ1v) is 30.6. The molecule has 12 heteroatoms. The van der Waals surface area contributed by atoms with Gasteiger partial charge in [0, 0.05) is 19.3 Å². The van der Waals surface area contributed by atoms with Crippen molar-refractivity contribution in [2.75, 3.05) is 26.4 Å². The molecule has 0 heterocycles. The van der Waals surface area contributed by atoms with Gasteiger partial charge in [-0.2, -0.15) is 0 Å². The van der Waals surface area contributed by atoms with Gasteiger partial charge in [0.25, 0.3) is 0 Å². The molecule has 0 radical (unpaired) electrons. The number of hydrogen-bond acceptors (Lipinski definition) is 10. The third-order valence-corrected chi connectivity index (χ3v) is 13.0. The fraction of sp³-hybridized carbons (Fsp3) is 0.694. The highest BCUT2D eigenvalue weighted by molar-refractivity contribution is 7.47. The number of phosphoric acid groups is 1. The monoisotopic (exact) mass is 1060 g/mol. The summed E-state index contributed by atoms with van der Waals surface area (Å²) in [6.07, 6.45) is 65.1. The first kappa shape index (κ1) is 70.4. The van der Waals surface area contributed by atoms with Crippen molar-refractivity contribution in [3.05, 3.63) is 97.2 Å². The summed E-state index contributed by atoms with van der Waals surface area (Å²) in [7, 11) is -4.77. The van der Waals surface area contributed by atoms with Crippen molar-refractivity contribution >= 4 is 25.7 Å². The minimum absolute atomic E-state index is 0.141. The van der Waals surface area contributed by atoms with Crippen LogP contribution >= 0.6 is 7.82 Å². The van der Waals surface area contributed by atoms with E-state index < -0.39 is 57.8 Å². The molecule has 0 aliphatic carbocycles. The van der Waals surface area contributed by atoms with Crippen molar-refractivity contribution in [3.8, 4) is 0 Å².